The summed E-state index contributed by atoms with van der Waals surface area (Å²) in [7, 11) is 1.72. The molecule has 0 aliphatic heterocycles. The fourth-order valence-corrected chi connectivity index (χ4v) is 0.859. The van der Waals surface area contributed by atoms with Crippen molar-refractivity contribution in [1.29, 1.82) is 0 Å². The fourth-order valence-electron chi connectivity index (χ4n) is 0.859. The Labute approximate surface area is 82.1 Å². The van der Waals surface area contributed by atoms with E-state index in [-0.39, 0.29) is 18.5 Å². The maximum Gasteiger partial charge on any atom is 0.246 e. The predicted octanol–water partition coefficient (Wildman–Crippen LogP) is -0.398. The van der Waals surface area contributed by atoms with Crippen molar-refractivity contribution in [2.75, 3.05) is 7.05 Å². The van der Waals surface area contributed by atoms with Gasteiger partial charge in [-0.2, -0.15) is 4.98 Å². The second-order valence-corrected chi connectivity index (χ2v) is 2.96. The number of aromatic nitrogens is 2. The third kappa shape index (κ3) is 2.81. The number of hydrogen-bond donors (Lipinski definition) is 2. The summed E-state index contributed by atoms with van der Waals surface area (Å²) in [4.78, 5) is 15.2. The van der Waals surface area contributed by atoms with E-state index in [1.165, 1.54) is 0 Å². The van der Waals surface area contributed by atoms with E-state index in [1.54, 1.807) is 20.9 Å². The van der Waals surface area contributed by atoms with Gasteiger partial charge in [0.15, 0.2) is 5.82 Å². The van der Waals surface area contributed by atoms with Crippen LogP contribution in [-0.2, 0) is 11.3 Å². The molecule has 1 unspecified atom stereocenters. The van der Waals surface area contributed by atoms with E-state index in [0.29, 0.717) is 11.7 Å². The molecule has 0 fully saturated rings. The molecule has 0 aliphatic carbocycles. The summed E-state index contributed by atoms with van der Waals surface area (Å²) < 4.78 is 4.83. The minimum atomic E-state index is -0.223. The van der Waals surface area contributed by atoms with Crippen molar-refractivity contribution in [2.24, 2.45) is 0 Å². The van der Waals surface area contributed by atoms with E-state index in [1.807, 2.05) is 0 Å². The zero-order chi connectivity index (χ0) is 10.6. The van der Waals surface area contributed by atoms with E-state index in [2.05, 4.69) is 20.8 Å². The second-order valence-electron chi connectivity index (χ2n) is 2.96. The monoisotopic (exact) mass is 198 g/mol. The van der Waals surface area contributed by atoms with Crippen LogP contribution in [0.2, 0.25) is 0 Å². The van der Waals surface area contributed by atoms with Gasteiger partial charge in [0.1, 0.15) is 0 Å². The lowest BCUT2D eigenvalue weighted by atomic mass is 10.3. The first-order valence-electron chi connectivity index (χ1n) is 4.37. The molecule has 0 aliphatic rings. The second kappa shape index (κ2) is 4.71. The first-order valence-corrected chi connectivity index (χ1v) is 4.37. The normalized spacial score (nSPS) is 12.5. The Morgan fingerprint density at radius 1 is 1.64 bits per heavy atom. The largest absolute Gasteiger partial charge is 0.346 e. The summed E-state index contributed by atoms with van der Waals surface area (Å²) in [5.41, 5.74) is 0. The third-order valence-electron chi connectivity index (χ3n) is 1.81. The molecule has 1 rings (SSSR count). The van der Waals surface area contributed by atoms with Crippen LogP contribution in [0.4, 0.5) is 0 Å². The van der Waals surface area contributed by atoms with Crippen LogP contribution in [0, 0.1) is 6.92 Å². The molecule has 1 aromatic heterocycles. The molecule has 1 heterocycles. The number of nitrogens with zero attached hydrogens (tertiary/aromatic N) is 2. The van der Waals surface area contributed by atoms with Crippen molar-refractivity contribution >= 4 is 5.91 Å². The van der Waals surface area contributed by atoms with Crippen LogP contribution in [0.15, 0.2) is 4.52 Å². The fraction of sp³-hybridized carbons (Fsp3) is 0.625. The van der Waals surface area contributed by atoms with Gasteiger partial charge < -0.3 is 15.2 Å². The minimum Gasteiger partial charge on any atom is -0.346 e. The van der Waals surface area contributed by atoms with Gasteiger partial charge in [-0.1, -0.05) is 5.16 Å². The number of hydrogen-bond acceptors (Lipinski definition) is 5. The van der Waals surface area contributed by atoms with Crippen LogP contribution in [0.1, 0.15) is 18.6 Å². The Bertz CT molecular complexity index is 310. The van der Waals surface area contributed by atoms with Gasteiger partial charge >= 0.3 is 0 Å². The molecule has 78 valence electrons. The highest BCUT2D eigenvalue weighted by Gasteiger charge is 2.10. The summed E-state index contributed by atoms with van der Waals surface area (Å²) in [6.07, 6.45) is 0. The average Bonchev–Trinajstić information content (AvgIpc) is 2.59. The van der Waals surface area contributed by atoms with Gasteiger partial charge in [0.25, 0.3) is 0 Å². The molecule has 14 heavy (non-hydrogen) atoms. The molecule has 6 nitrogen and oxygen atoms in total. The topological polar surface area (TPSA) is 80.0 Å². The van der Waals surface area contributed by atoms with Crippen molar-refractivity contribution in [2.45, 2.75) is 26.4 Å². The number of carbonyl (C=O) groups is 1. The van der Waals surface area contributed by atoms with Crippen LogP contribution in [0.5, 0.6) is 0 Å². The van der Waals surface area contributed by atoms with Gasteiger partial charge in [0.05, 0.1) is 12.6 Å². The van der Waals surface area contributed by atoms with Crippen LogP contribution < -0.4 is 10.6 Å². The maximum atomic E-state index is 11.3. The molecule has 0 radical (unpaired) electrons. The quantitative estimate of drug-likeness (QED) is 0.688. The Balaban J connectivity index is 2.37. The number of likely N-dealkylation sites (N-methyl/N-ethyl adjacent to an activating group) is 1. The predicted molar refractivity (Wildman–Crippen MR) is 49.4 cm³/mol. The van der Waals surface area contributed by atoms with Crippen molar-refractivity contribution < 1.29 is 9.32 Å². The maximum absolute atomic E-state index is 11.3. The van der Waals surface area contributed by atoms with Gasteiger partial charge in [-0.05, 0) is 20.9 Å². The lowest BCUT2D eigenvalue weighted by molar-refractivity contribution is -0.122. The molecule has 0 spiro atoms. The highest BCUT2D eigenvalue weighted by Crippen LogP contribution is 1.94. The van der Waals surface area contributed by atoms with Crippen molar-refractivity contribution in [3.63, 3.8) is 0 Å². The molecule has 1 amide bonds. The molecule has 1 aromatic rings. The van der Waals surface area contributed by atoms with Crippen LogP contribution >= 0.6 is 0 Å². The number of aryl methyl sites for hydroxylation is 1. The Hall–Kier alpha value is -1.43. The van der Waals surface area contributed by atoms with Gasteiger partial charge in [-0.3, -0.25) is 4.79 Å². The standard InChI is InChI=1S/C8H14N4O2/c1-5(9-3)8(13)10-4-7-11-6(2)12-14-7/h5,9H,4H2,1-3H3,(H,10,13). The zero-order valence-electron chi connectivity index (χ0n) is 8.50. The summed E-state index contributed by atoms with van der Waals surface area (Å²) in [5.74, 6) is 0.887. The smallest absolute Gasteiger partial charge is 0.246 e. The van der Waals surface area contributed by atoms with Crippen molar-refractivity contribution in [3.05, 3.63) is 11.7 Å². The van der Waals surface area contributed by atoms with E-state index in [0.717, 1.165) is 0 Å². The zero-order valence-corrected chi connectivity index (χ0v) is 8.50. The van der Waals surface area contributed by atoms with Crippen LogP contribution in [-0.4, -0.2) is 29.1 Å². The number of nitrogens with one attached hydrogen (secondary N) is 2. The molecule has 1 atom stereocenters. The Kier molecular flexibility index (Phi) is 3.58. The molecule has 0 saturated heterocycles. The number of rotatable bonds is 4. The Morgan fingerprint density at radius 2 is 2.36 bits per heavy atom. The number of amides is 1. The SMILES string of the molecule is CNC(C)C(=O)NCc1nc(C)no1. The molecular weight excluding hydrogens is 184 g/mol. The summed E-state index contributed by atoms with van der Waals surface area (Å²) in [6, 6.07) is -0.223. The molecular formula is C8H14N4O2. The number of carbonyl (C=O) groups excluding carboxylic acids is 1. The first-order chi connectivity index (χ1) is 6.63. The van der Waals surface area contributed by atoms with E-state index < -0.39 is 0 Å². The molecule has 0 saturated carbocycles. The lowest BCUT2D eigenvalue weighted by Crippen LogP contribution is -2.40. The van der Waals surface area contributed by atoms with Crippen molar-refractivity contribution in [1.82, 2.24) is 20.8 Å². The highest BCUT2D eigenvalue weighted by molar-refractivity contribution is 5.81. The minimum absolute atomic E-state index is 0.0941. The van der Waals surface area contributed by atoms with Gasteiger partial charge in [0, 0.05) is 0 Å². The molecule has 0 aromatic carbocycles. The van der Waals surface area contributed by atoms with Gasteiger partial charge in [-0.25, -0.2) is 0 Å². The van der Waals surface area contributed by atoms with Crippen molar-refractivity contribution in [3.8, 4) is 0 Å². The van der Waals surface area contributed by atoms with Gasteiger partial charge in [-0.15, -0.1) is 0 Å². The summed E-state index contributed by atoms with van der Waals surface area (Å²) in [6.45, 7) is 3.77. The summed E-state index contributed by atoms with van der Waals surface area (Å²) in [5, 5.41) is 9.10. The molecule has 2 N–H and O–H groups in total. The van der Waals surface area contributed by atoms with Crippen LogP contribution in [0.3, 0.4) is 0 Å². The first kappa shape index (κ1) is 10.6. The van der Waals surface area contributed by atoms with E-state index in [9.17, 15) is 4.79 Å². The average molecular weight is 198 g/mol. The van der Waals surface area contributed by atoms with Crippen LogP contribution in [0.25, 0.3) is 0 Å². The summed E-state index contributed by atoms with van der Waals surface area (Å²) >= 11 is 0. The van der Waals surface area contributed by atoms with E-state index in [4.69, 9.17) is 4.52 Å². The molecule has 0 bridgehead atoms. The molecule has 6 heteroatoms. The Morgan fingerprint density at radius 3 is 2.86 bits per heavy atom. The highest BCUT2D eigenvalue weighted by atomic mass is 16.5. The lowest BCUT2D eigenvalue weighted by Gasteiger charge is -2.08. The van der Waals surface area contributed by atoms with Gasteiger partial charge in [0.2, 0.25) is 11.8 Å². The third-order valence-corrected chi connectivity index (χ3v) is 1.81. The van der Waals surface area contributed by atoms with E-state index >= 15 is 0 Å².